The second kappa shape index (κ2) is 7.00. The molecule has 104 valence electrons. The van der Waals surface area contributed by atoms with Gasteiger partial charge in [-0.1, -0.05) is 29.5 Å². The summed E-state index contributed by atoms with van der Waals surface area (Å²) in [5, 5.41) is 10.8. The minimum absolute atomic E-state index is 0.179. The third kappa shape index (κ3) is 4.31. The van der Waals surface area contributed by atoms with Crippen molar-refractivity contribution in [2.45, 2.75) is 20.0 Å². The van der Waals surface area contributed by atoms with E-state index in [2.05, 4.69) is 0 Å². The molecular formula is C16H18O3Si. The summed E-state index contributed by atoms with van der Waals surface area (Å²) >= 11 is 0. The molecule has 0 saturated heterocycles. The minimum Gasteiger partial charge on any atom is -0.504 e. The van der Waals surface area contributed by atoms with Crippen molar-refractivity contribution in [1.29, 1.82) is 0 Å². The van der Waals surface area contributed by atoms with Crippen LogP contribution in [0.2, 0.25) is 0 Å². The van der Waals surface area contributed by atoms with E-state index in [1.165, 1.54) is 5.19 Å². The topological polar surface area (TPSA) is 38.7 Å². The molecule has 0 aliphatic heterocycles. The first-order valence-electron chi connectivity index (χ1n) is 6.56. The van der Waals surface area contributed by atoms with Gasteiger partial charge in [0.2, 0.25) is 0 Å². The number of rotatable bonds is 6. The van der Waals surface area contributed by atoms with Crippen LogP contribution >= 0.6 is 0 Å². The molecule has 2 radical (unpaired) electrons. The SMILES string of the molecule is CC(C)Oc1ccc([Si]COc2ccccc2O)cc1. The molecule has 2 rings (SSSR count). The van der Waals surface area contributed by atoms with Gasteiger partial charge in [-0.25, -0.2) is 0 Å². The number of aromatic hydroxyl groups is 1. The number of benzene rings is 2. The van der Waals surface area contributed by atoms with Crippen LogP contribution in [0.15, 0.2) is 48.5 Å². The minimum atomic E-state index is 0.179. The number of ether oxygens (including phenoxy) is 2. The zero-order chi connectivity index (χ0) is 14.4. The molecule has 0 aromatic heterocycles. The predicted molar refractivity (Wildman–Crippen MR) is 81.2 cm³/mol. The lowest BCUT2D eigenvalue weighted by molar-refractivity contribution is 0.242. The van der Waals surface area contributed by atoms with Crippen LogP contribution in [0.3, 0.4) is 0 Å². The summed E-state index contributed by atoms with van der Waals surface area (Å²) in [4.78, 5) is 0. The van der Waals surface area contributed by atoms with Gasteiger partial charge in [0.05, 0.1) is 12.3 Å². The van der Waals surface area contributed by atoms with Gasteiger partial charge in [0.25, 0.3) is 0 Å². The second-order valence-electron chi connectivity index (χ2n) is 4.62. The van der Waals surface area contributed by atoms with Gasteiger partial charge in [0.1, 0.15) is 15.3 Å². The molecule has 0 aliphatic rings. The molecule has 0 atom stereocenters. The largest absolute Gasteiger partial charge is 0.504 e. The van der Waals surface area contributed by atoms with Gasteiger partial charge >= 0.3 is 0 Å². The maximum Gasteiger partial charge on any atom is 0.160 e. The van der Waals surface area contributed by atoms with Crippen molar-refractivity contribution in [3.8, 4) is 17.2 Å². The molecular weight excluding hydrogens is 268 g/mol. The fraction of sp³-hybridized carbons (Fsp3) is 0.250. The van der Waals surface area contributed by atoms with Crippen molar-refractivity contribution in [2.75, 3.05) is 6.23 Å². The number of phenolic OH excluding ortho intramolecular Hbond substituents is 1. The average molecular weight is 286 g/mol. The standard InChI is InChI=1S/C16H18O3Si/c1-12(2)19-13-7-9-14(10-8-13)20-11-18-16-6-4-3-5-15(16)17/h3-10,12,17H,11H2,1-2H3. The molecule has 20 heavy (non-hydrogen) atoms. The number of hydrogen-bond acceptors (Lipinski definition) is 3. The quantitative estimate of drug-likeness (QED) is 0.829. The Labute approximate surface area is 122 Å². The Hall–Kier alpha value is -1.94. The van der Waals surface area contributed by atoms with E-state index < -0.39 is 0 Å². The van der Waals surface area contributed by atoms with Gasteiger partial charge in [0.15, 0.2) is 11.5 Å². The van der Waals surface area contributed by atoms with Gasteiger partial charge in [-0.3, -0.25) is 0 Å². The average Bonchev–Trinajstić information content (AvgIpc) is 2.42. The molecule has 0 saturated carbocycles. The van der Waals surface area contributed by atoms with E-state index in [0.717, 1.165) is 5.75 Å². The summed E-state index contributed by atoms with van der Waals surface area (Å²) < 4.78 is 11.2. The Morgan fingerprint density at radius 3 is 2.40 bits per heavy atom. The van der Waals surface area contributed by atoms with Crippen LogP contribution in [-0.4, -0.2) is 27.0 Å². The van der Waals surface area contributed by atoms with E-state index in [1.807, 2.05) is 44.2 Å². The molecule has 2 aromatic carbocycles. The lowest BCUT2D eigenvalue weighted by Crippen LogP contribution is -2.21. The number of phenols is 1. The Morgan fingerprint density at radius 1 is 1.05 bits per heavy atom. The van der Waals surface area contributed by atoms with Crippen LogP contribution in [0.4, 0.5) is 0 Å². The number of hydrogen-bond donors (Lipinski definition) is 1. The maximum atomic E-state index is 9.59. The van der Waals surface area contributed by atoms with Crippen LogP contribution < -0.4 is 14.7 Å². The molecule has 3 nitrogen and oxygen atoms in total. The highest BCUT2D eigenvalue weighted by Crippen LogP contribution is 2.23. The van der Waals surface area contributed by atoms with Gasteiger partial charge in [-0.2, -0.15) is 0 Å². The van der Waals surface area contributed by atoms with Crippen LogP contribution in [0.5, 0.6) is 17.2 Å². The maximum absolute atomic E-state index is 9.59. The Balaban J connectivity index is 1.84. The van der Waals surface area contributed by atoms with E-state index in [4.69, 9.17) is 9.47 Å². The predicted octanol–water partition coefficient (Wildman–Crippen LogP) is 2.55. The summed E-state index contributed by atoms with van der Waals surface area (Å²) in [6.45, 7) is 4.02. The van der Waals surface area contributed by atoms with E-state index in [1.54, 1.807) is 18.2 Å². The van der Waals surface area contributed by atoms with Crippen LogP contribution in [-0.2, 0) is 0 Å². The van der Waals surface area contributed by atoms with Crippen LogP contribution in [0.1, 0.15) is 13.8 Å². The summed E-state index contributed by atoms with van der Waals surface area (Å²) in [5.74, 6) is 1.59. The van der Waals surface area contributed by atoms with Crippen molar-refractivity contribution < 1.29 is 14.6 Å². The highest BCUT2D eigenvalue weighted by molar-refractivity contribution is 6.53. The summed E-state index contributed by atoms with van der Waals surface area (Å²) in [6.07, 6.45) is 0.745. The molecule has 0 bridgehead atoms. The zero-order valence-corrected chi connectivity index (χ0v) is 12.7. The Bertz CT molecular complexity index is 538. The molecule has 0 amide bonds. The number of para-hydroxylation sites is 2. The van der Waals surface area contributed by atoms with E-state index >= 15 is 0 Å². The molecule has 0 aliphatic carbocycles. The summed E-state index contributed by atoms with van der Waals surface area (Å²) in [7, 11) is 0.530. The third-order valence-electron chi connectivity index (χ3n) is 2.60. The highest BCUT2D eigenvalue weighted by Gasteiger charge is 2.02. The normalized spacial score (nSPS) is 10.6. The van der Waals surface area contributed by atoms with Crippen molar-refractivity contribution >= 4 is 14.7 Å². The van der Waals surface area contributed by atoms with E-state index in [0.29, 0.717) is 21.5 Å². The lowest BCUT2D eigenvalue weighted by atomic mass is 10.3. The smallest absolute Gasteiger partial charge is 0.160 e. The Kier molecular flexibility index (Phi) is 5.07. The van der Waals surface area contributed by atoms with Gasteiger partial charge in [-0.15, -0.1) is 0 Å². The van der Waals surface area contributed by atoms with E-state index in [9.17, 15) is 5.11 Å². The van der Waals surface area contributed by atoms with Crippen molar-refractivity contribution in [3.05, 3.63) is 48.5 Å². The van der Waals surface area contributed by atoms with Gasteiger partial charge in [0, 0.05) is 0 Å². The molecule has 0 fully saturated rings. The fourth-order valence-corrected chi connectivity index (χ4v) is 2.50. The Morgan fingerprint density at radius 2 is 1.75 bits per heavy atom. The highest BCUT2D eigenvalue weighted by atomic mass is 28.2. The summed E-state index contributed by atoms with van der Waals surface area (Å²) in [5.41, 5.74) is 0. The van der Waals surface area contributed by atoms with Crippen molar-refractivity contribution in [3.63, 3.8) is 0 Å². The molecule has 1 N–H and O–H groups in total. The zero-order valence-electron chi connectivity index (χ0n) is 11.7. The summed E-state index contributed by atoms with van der Waals surface area (Å²) in [6, 6.07) is 15.0. The molecule has 2 aromatic rings. The third-order valence-corrected chi connectivity index (χ3v) is 3.63. The monoisotopic (exact) mass is 286 g/mol. The van der Waals surface area contributed by atoms with Gasteiger partial charge < -0.3 is 14.6 Å². The van der Waals surface area contributed by atoms with Crippen molar-refractivity contribution in [1.82, 2.24) is 0 Å². The molecule has 0 heterocycles. The first kappa shape index (κ1) is 14.5. The molecule has 0 spiro atoms. The first-order chi connectivity index (χ1) is 9.65. The molecule has 4 heteroatoms. The van der Waals surface area contributed by atoms with Crippen molar-refractivity contribution in [2.24, 2.45) is 0 Å². The lowest BCUT2D eigenvalue weighted by Gasteiger charge is -2.10. The second-order valence-corrected chi connectivity index (χ2v) is 5.84. The fourth-order valence-electron chi connectivity index (χ4n) is 1.70. The van der Waals surface area contributed by atoms with Crippen LogP contribution in [0.25, 0.3) is 0 Å². The first-order valence-corrected chi connectivity index (χ1v) is 7.77. The molecule has 0 unspecified atom stereocenters. The van der Waals surface area contributed by atoms with Gasteiger partial charge in [-0.05, 0) is 38.1 Å². The van der Waals surface area contributed by atoms with E-state index in [-0.39, 0.29) is 11.9 Å². The van der Waals surface area contributed by atoms with Crippen LogP contribution in [0, 0.1) is 0 Å².